The summed E-state index contributed by atoms with van der Waals surface area (Å²) in [6.45, 7) is -1.19. The number of aromatic nitrogens is 1. The first-order chi connectivity index (χ1) is 12.7. The number of ether oxygens (including phenoxy) is 1. The molecule has 2 aliphatic rings. The van der Waals surface area contributed by atoms with E-state index in [4.69, 9.17) is 9.84 Å². The van der Waals surface area contributed by atoms with Crippen molar-refractivity contribution < 1.29 is 32.6 Å². The van der Waals surface area contributed by atoms with Gasteiger partial charge in [0, 0.05) is 19.2 Å². The summed E-state index contributed by atoms with van der Waals surface area (Å²) in [5.74, 6) is -4.90. The molecule has 10 heteroatoms. The quantitative estimate of drug-likeness (QED) is 0.828. The van der Waals surface area contributed by atoms with Crippen molar-refractivity contribution >= 4 is 17.7 Å². The van der Waals surface area contributed by atoms with Crippen molar-refractivity contribution in [1.82, 2.24) is 9.88 Å². The third-order valence-corrected chi connectivity index (χ3v) is 4.92. The fourth-order valence-corrected chi connectivity index (χ4v) is 3.45. The van der Waals surface area contributed by atoms with E-state index in [2.05, 4.69) is 10.3 Å². The maximum Gasteiger partial charge on any atom is 0.394 e. The van der Waals surface area contributed by atoms with Crippen molar-refractivity contribution in [3.05, 3.63) is 18.3 Å². The summed E-state index contributed by atoms with van der Waals surface area (Å²) < 4.78 is 44.7. The van der Waals surface area contributed by atoms with Crippen LogP contribution < -0.4 is 10.1 Å². The summed E-state index contributed by atoms with van der Waals surface area (Å²) >= 11 is 0. The summed E-state index contributed by atoms with van der Waals surface area (Å²) in [6.07, 6.45) is 0.985. The van der Waals surface area contributed by atoms with Gasteiger partial charge in [0.2, 0.25) is 5.88 Å². The fraction of sp³-hybridized carbons (Fsp3) is 0.588. The van der Waals surface area contributed by atoms with Crippen LogP contribution in [-0.4, -0.2) is 52.4 Å². The molecule has 1 aliphatic heterocycles. The maximum atomic E-state index is 13.0. The molecule has 0 radical (unpaired) electrons. The van der Waals surface area contributed by atoms with Crippen LogP contribution in [-0.2, 0) is 4.79 Å². The maximum absolute atomic E-state index is 13.0. The number of alkyl halides is 3. The van der Waals surface area contributed by atoms with E-state index in [0.29, 0.717) is 11.6 Å². The first-order valence-corrected chi connectivity index (χ1v) is 8.72. The minimum Gasteiger partial charge on any atom is -0.481 e. The number of carboxylic acids is 1. The Bertz CT molecular complexity index is 690. The lowest BCUT2D eigenvalue weighted by Gasteiger charge is -2.19. The lowest BCUT2D eigenvalue weighted by atomic mass is 9.96. The van der Waals surface area contributed by atoms with Crippen LogP contribution in [0, 0.1) is 11.8 Å². The standard InChI is InChI=1S/C17H20F3N3O4/c18-17(19,20)13-9-23(8-12(13)15(24)25)16(26)22-10-5-6-14(21-7-10)27-11-3-1-2-4-11/h5-7,11-13H,1-4,8-9H2,(H,22,26)(H,24,25)/t12-,13-/m1/s1. The molecule has 0 unspecified atom stereocenters. The summed E-state index contributed by atoms with van der Waals surface area (Å²) in [5.41, 5.74) is 0.293. The van der Waals surface area contributed by atoms with Crippen molar-refractivity contribution in [2.45, 2.75) is 38.0 Å². The van der Waals surface area contributed by atoms with E-state index in [1.807, 2.05) is 0 Å². The van der Waals surface area contributed by atoms with E-state index in [9.17, 15) is 22.8 Å². The highest BCUT2D eigenvalue weighted by atomic mass is 19.4. The molecule has 0 spiro atoms. The van der Waals surface area contributed by atoms with Crippen molar-refractivity contribution in [3.8, 4) is 5.88 Å². The number of likely N-dealkylation sites (tertiary alicyclic amines) is 1. The van der Waals surface area contributed by atoms with Crippen LogP contribution in [0.3, 0.4) is 0 Å². The van der Waals surface area contributed by atoms with Crippen molar-refractivity contribution in [2.24, 2.45) is 11.8 Å². The minimum atomic E-state index is -4.68. The average molecular weight is 387 g/mol. The predicted octanol–water partition coefficient (Wildman–Crippen LogP) is 3.13. The van der Waals surface area contributed by atoms with Crippen LogP contribution in [0.2, 0.25) is 0 Å². The Balaban J connectivity index is 1.59. The average Bonchev–Trinajstić information content (AvgIpc) is 3.25. The highest BCUT2D eigenvalue weighted by Crippen LogP contribution is 2.37. The SMILES string of the molecule is O=C(O)[C@@H]1CN(C(=O)Nc2ccc(OC3CCCC3)nc2)C[C@H]1C(F)(F)F. The second-order valence-corrected chi connectivity index (χ2v) is 6.84. The minimum absolute atomic E-state index is 0.134. The molecule has 0 aromatic carbocycles. The van der Waals surface area contributed by atoms with Gasteiger partial charge in [0.15, 0.2) is 0 Å². The number of hydrogen-bond acceptors (Lipinski definition) is 4. The van der Waals surface area contributed by atoms with Crippen molar-refractivity contribution in [3.63, 3.8) is 0 Å². The van der Waals surface area contributed by atoms with Crippen molar-refractivity contribution in [1.29, 1.82) is 0 Å². The molecule has 1 aromatic rings. The van der Waals surface area contributed by atoms with E-state index in [1.54, 1.807) is 12.1 Å². The Kier molecular flexibility index (Phi) is 5.43. The van der Waals surface area contributed by atoms with Gasteiger partial charge in [0.1, 0.15) is 6.10 Å². The largest absolute Gasteiger partial charge is 0.481 e. The number of anilines is 1. The molecule has 2 fully saturated rings. The number of nitrogens with one attached hydrogen (secondary N) is 1. The normalized spacial score (nSPS) is 23.4. The monoisotopic (exact) mass is 387 g/mol. The molecule has 1 aromatic heterocycles. The summed E-state index contributed by atoms with van der Waals surface area (Å²) in [4.78, 5) is 28.2. The first-order valence-electron chi connectivity index (χ1n) is 8.72. The van der Waals surface area contributed by atoms with Crippen LogP contribution in [0.25, 0.3) is 0 Å². The Labute approximate surface area is 153 Å². The zero-order valence-electron chi connectivity index (χ0n) is 14.4. The highest BCUT2D eigenvalue weighted by Gasteiger charge is 2.53. The van der Waals surface area contributed by atoms with Crippen LogP contribution in [0.5, 0.6) is 5.88 Å². The predicted molar refractivity (Wildman–Crippen MR) is 88.4 cm³/mol. The number of amides is 2. The fourth-order valence-electron chi connectivity index (χ4n) is 3.45. The molecule has 27 heavy (non-hydrogen) atoms. The lowest BCUT2D eigenvalue weighted by Crippen LogP contribution is -2.35. The van der Waals surface area contributed by atoms with Gasteiger partial charge in [-0.2, -0.15) is 13.2 Å². The highest BCUT2D eigenvalue weighted by molar-refractivity contribution is 5.90. The number of halogens is 3. The van der Waals surface area contributed by atoms with Gasteiger partial charge in [0.25, 0.3) is 0 Å². The molecule has 2 N–H and O–H groups in total. The Morgan fingerprint density at radius 2 is 1.93 bits per heavy atom. The summed E-state index contributed by atoms with van der Waals surface area (Å²) in [7, 11) is 0. The van der Waals surface area contributed by atoms with Gasteiger partial charge in [-0.25, -0.2) is 9.78 Å². The molecule has 1 saturated carbocycles. The topological polar surface area (TPSA) is 91.8 Å². The molecule has 1 aliphatic carbocycles. The van der Waals surface area contributed by atoms with Gasteiger partial charge in [-0.1, -0.05) is 0 Å². The number of carbonyl (C=O) groups is 2. The number of nitrogens with zero attached hydrogens (tertiary/aromatic N) is 2. The van der Waals surface area contributed by atoms with E-state index in [1.165, 1.54) is 6.20 Å². The molecule has 3 rings (SSSR count). The summed E-state index contributed by atoms with van der Waals surface area (Å²) in [6, 6.07) is 2.33. The molecule has 148 valence electrons. The molecule has 0 bridgehead atoms. The molecule has 2 atom stereocenters. The van der Waals surface area contributed by atoms with Gasteiger partial charge >= 0.3 is 18.2 Å². The van der Waals surface area contributed by atoms with E-state index in [-0.39, 0.29) is 6.10 Å². The number of carboxylic acid groups (broad SMARTS) is 1. The Morgan fingerprint density at radius 3 is 2.44 bits per heavy atom. The molecular weight excluding hydrogens is 367 g/mol. The molecule has 2 heterocycles. The molecule has 1 saturated heterocycles. The lowest BCUT2D eigenvalue weighted by molar-refractivity contribution is -0.187. The van der Waals surface area contributed by atoms with E-state index < -0.39 is 43.1 Å². The number of aliphatic carboxylic acids is 1. The number of carbonyl (C=O) groups excluding carboxylic acids is 1. The van der Waals surface area contributed by atoms with Gasteiger partial charge < -0.3 is 20.1 Å². The van der Waals surface area contributed by atoms with Crippen LogP contribution in [0.4, 0.5) is 23.7 Å². The zero-order chi connectivity index (χ0) is 19.6. The van der Waals surface area contributed by atoms with E-state index in [0.717, 1.165) is 30.6 Å². The number of pyridine rings is 1. The van der Waals surface area contributed by atoms with Crippen LogP contribution >= 0.6 is 0 Å². The van der Waals surface area contributed by atoms with Crippen LogP contribution in [0.15, 0.2) is 18.3 Å². The second-order valence-electron chi connectivity index (χ2n) is 6.84. The van der Waals surface area contributed by atoms with Gasteiger partial charge in [0.05, 0.1) is 23.7 Å². The number of urea groups is 1. The third-order valence-electron chi connectivity index (χ3n) is 4.92. The number of rotatable bonds is 4. The molecular formula is C17H20F3N3O4. The Morgan fingerprint density at radius 1 is 1.22 bits per heavy atom. The Hall–Kier alpha value is -2.52. The van der Waals surface area contributed by atoms with Crippen molar-refractivity contribution in [2.75, 3.05) is 18.4 Å². The number of hydrogen-bond donors (Lipinski definition) is 2. The molecule has 7 nitrogen and oxygen atoms in total. The van der Waals surface area contributed by atoms with Gasteiger partial charge in [-0.05, 0) is 31.7 Å². The first kappa shape index (κ1) is 19.2. The van der Waals surface area contributed by atoms with E-state index >= 15 is 0 Å². The van der Waals surface area contributed by atoms with Crippen LogP contribution in [0.1, 0.15) is 25.7 Å². The second kappa shape index (κ2) is 7.61. The smallest absolute Gasteiger partial charge is 0.394 e. The van der Waals surface area contributed by atoms with Gasteiger partial charge in [-0.15, -0.1) is 0 Å². The summed E-state index contributed by atoms with van der Waals surface area (Å²) in [5, 5.41) is 11.4. The molecule has 2 amide bonds. The third kappa shape index (κ3) is 4.61. The van der Waals surface area contributed by atoms with Gasteiger partial charge in [-0.3, -0.25) is 4.79 Å². The zero-order valence-corrected chi connectivity index (χ0v) is 14.4.